The standard InChI is InChI=1S/C18H26O2/c1-2-3-4-5-6-7-10-16-20-18-14-9-8-12-17(18)13-11-15-19/h8-9,12,14,19H,2-7,10,15-16H2,1H3. The van der Waals surface area contributed by atoms with Crippen LogP contribution in [-0.2, 0) is 0 Å². The van der Waals surface area contributed by atoms with Crippen molar-refractivity contribution in [2.45, 2.75) is 51.9 Å². The summed E-state index contributed by atoms with van der Waals surface area (Å²) in [5.74, 6) is 6.39. The van der Waals surface area contributed by atoms with Crippen molar-refractivity contribution in [1.82, 2.24) is 0 Å². The van der Waals surface area contributed by atoms with E-state index in [0.717, 1.165) is 24.3 Å². The van der Waals surface area contributed by atoms with E-state index in [-0.39, 0.29) is 6.61 Å². The molecule has 110 valence electrons. The van der Waals surface area contributed by atoms with Gasteiger partial charge in [-0.15, -0.1) is 0 Å². The molecule has 0 amide bonds. The Kier molecular flexibility index (Phi) is 9.44. The molecular weight excluding hydrogens is 248 g/mol. The molecular formula is C18H26O2. The van der Waals surface area contributed by atoms with Crippen LogP contribution in [0.25, 0.3) is 0 Å². The molecule has 0 spiro atoms. The first-order chi connectivity index (χ1) is 9.88. The maximum atomic E-state index is 8.74. The fraction of sp³-hybridized carbons (Fsp3) is 0.556. The first-order valence-electron chi connectivity index (χ1n) is 7.70. The number of benzene rings is 1. The third-order valence-electron chi connectivity index (χ3n) is 3.19. The molecule has 0 aliphatic rings. The van der Waals surface area contributed by atoms with Gasteiger partial charge in [-0.25, -0.2) is 0 Å². The number of unbranched alkanes of at least 4 members (excludes halogenated alkanes) is 6. The van der Waals surface area contributed by atoms with Crippen LogP contribution < -0.4 is 4.74 Å². The van der Waals surface area contributed by atoms with Crippen LogP contribution in [0.1, 0.15) is 57.4 Å². The lowest BCUT2D eigenvalue weighted by molar-refractivity contribution is 0.303. The molecule has 0 heterocycles. The van der Waals surface area contributed by atoms with Gasteiger partial charge in [0.15, 0.2) is 0 Å². The van der Waals surface area contributed by atoms with Gasteiger partial charge in [-0.05, 0) is 18.6 Å². The van der Waals surface area contributed by atoms with E-state index in [9.17, 15) is 0 Å². The van der Waals surface area contributed by atoms with E-state index in [0.29, 0.717) is 0 Å². The van der Waals surface area contributed by atoms with Gasteiger partial charge >= 0.3 is 0 Å². The van der Waals surface area contributed by atoms with E-state index in [1.165, 1.54) is 38.5 Å². The van der Waals surface area contributed by atoms with Gasteiger partial charge in [0, 0.05) is 0 Å². The number of aliphatic hydroxyl groups excluding tert-OH is 1. The van der Waals surface area contributed by atoms with Gasteiger partial charge in [0.2, 0.25) is 0 Å². The Morgan fingerprint density at radius 1 is 1.00 bits per heavy atom. The second kappa shape index (κ2) is 11.4. The Morgan fingerprint density at radius 2 is 1.70 bits per heavy atom. The van der Waals surface area contributed by atoms with Gasteiger partial charge in [0.1, 0.15) is 12.4 Å². The van der Waals surface area contributed by atoms with Crippen molar-refractivity contribution in [3.8, 4) is 17.6 Å². The van der Waals surface area contributed by atoms with Crippen LogP contribution in [0.4, 0.5) is 0 Å². The fourth-order valence-electron chi connectivity index (χ4n) is 2.07. The third kappa shape index (κ3) is 7.21. The molecule has 1 aromatic rings. The Balaban J connectivity index is 2.21. The van der Waals surface area contributed by atoms with Crippen LogP contribution in [0.5, 0.6) is 5.75 Å². The molecule has 2 heteroatoms. The molecule has 1 aromatic carbocycles. The first-order valence-corrected chi connectivity index (χ1v) is 7.70. The highest BCUT2D eigenvalue weighted by atomic mass is 16.5. The van der Waals surface area contributed by atoms with Gasteiger partial charge < -0.3 is 9.84 Å². The molecule has 0 atom stereocenters. The summed E-state index contributed by atoms with van der Waals surface area (Å²) in [5, 5.41) is 8.74. The van der Waals surface area contributed by atoms with Gasteiger partial charge in [0.25, 0.3) is 0 Å². The van der Waals surface area contributed by atoms with Crippen molar-refractivity contribution in [3.63, 3.8) is 0 Å². The average Bonchev–Trinajstić information content (AvgIpc) is 2.49. The highest BCUT2D eigenvalue weighted by Crippen LogP contribution is 2.17. The Hall–Kier alpha value is -1.46. The molecule has 0 radical (unpaired) electrons. The molecule has 20 heavy (non-hydrogen) atoms. The predicted octanol–water partition coefficient (Wildman–Crippen LogP) is 4.16. The topological polar surface area (TPSA) is 29.5 Å². The van der Waals surface area contributed by atoms with Crippen molar-refractivity contribution < 1.29 is 9.84 Å². The first kappa shape index (κ1) is 16.6. The second-order valence-electron chi connectivity index (χ2n) is 4.93. The lowest BCUT2D eigenvalue weighted by Gasteiger charge is -2.08. The lowest BCUT2D eigenvalue weighted by atomic mass is 10.1. The minimum Gasteiger partial charge on any atom is -0.492 e. The summed E-state index contributed by atoms with van der Waals surface area (Å²) in [6, 6.07) is 7.73. The largest absolute Gasteiger partial charge is 0.492 e. The lowest BCUT2D eigenvalue weighted by Crippen LogP contribution is -1.99. The van der Waals surface area contributed by atoms with Crippen LogP contribution >= 0.6 is 0 Å². The summed E-state index contributed by atoms with van der Waals surface area (Å²) < 4.78 is 5.78. The van der Waals surface area contributed by atoms with E-state index in [4.69, 9.17) is 9.84 Å². The highest BCUT2D eigenvalue weighted by molar-refractivity contribution is 5.45. The maximum Gasteiger partial charge on any atom is 0.134 e. The Morgan fingerprint density at radius 3 is 2.45 bits per heavy atom. The zero-order chi connectivity index (χ0) is 14.5. The average molecular weight is 274 g/mol. The van der Waals surface area contributed by atoms with Crippen LogP contribution in [0.2, 0.25) is 0 Å². The van der Waals surface area contributed by atoms with Gasteiger partial charge in [-0.2, -0.15) is 0 Å². The van der Waals surface area contributed by atoms with E-state index >= 15 is 0 Å². The summed E-state index contributed by atoms with van der Waals surface area (Å²) in [6.45, 7) is 2.86. The normalized spacial score (nSPS) is 9.90. The van der Waals surface area contributed by atoms with Crippen molar-refractivity contribution in [1.29, 1.82) is 0 Å². The number of hydrogen-bond donors (Lipinski definition) is 1. The summed E-state index contributed by atoms with van der Waals surface area (Å²) >= 11 is 0. The number of para-hydroxylation sites is 1. The van der Waals surface area contributed by atoms with E-state index < -0.39 is 0 Å². The smallest absolute Gasteiger partial charge is 0.134 e. The van der Waals surface area contributed by atoms with E-state index in [1.54, 1.807) is 0 Å². The number of aliphatic hydroxyl groups is 1. The fourth-order valence-corrected chi connectivity index (χ4v) is 2.07. The molecule has 0 aliphatic heterocycles. The monoisotopic (exact) mass is 274 g/mol. The second-order valence-corrected chi connectivity index (χ2v) is 4.93. The SMILES string of the molecule is CCCCCCCCCOc1ccccc1C#CCO. The van der Waals surface area contributed by atoms with E-state index in [1.807, 2.05) is 24.3 Å². The molecule has 0 bridgehead atoms. The van der Waals surface area contributed by atoms with Crippen LogP contribution in [-0.4, -0.2) is 18.3 Å². The molecule has 0 aromatic heterocycles. The van der Waals surface area contributed by atoms with Crippen LogP contribution in [0.3, 0.4) is 0 Å². The molecule has 2 nitrogen and oxygen atoms in total. The summed E-state index contributed by atoms with van der Waals surface area (Å²) in [7, 11) is 0. The maximum absolute atomic E-state index is 8.74. The zero-order valence-electron chi connectivity index (χ0n) is 12.5. The van der Waals surface area contributed by atoms with Crippen molar-refractivity contribution in [2.24, 2.45) is 0 Å². The minimum absolute atomic E-state index is 0.119. The third-order valence-corrected chi connectivity index (χ3v) is 3.19. The summed E-state index contributed by atoms with van der Waals surface area (Å²) in [5.41, 5.74) is 0.851. The molecule has 0 saturated heterocycles. The zero-order valence-corrected chi connectivity index (χ0v) is 12.5. The van der Waals surface area contributed by atoms with Gasteiger partial charge in [-0.1, -0.05) is 69.4 Å². The summed E-state index contributed by atoms with van der Waals surface area (Å²) in [4.78, 5) is 0. The molecule has 1 N–H and O–H groups in total. The minimum atomic E-state index is -0.119. The summed E-state index contributed by atoms with van der Waals surface area (Å²) in [6.07, 6.45) is 8.98. The Bertz CT molecular complexity index is 415. The molecule has 0 aliphatic carbocycles. The van der Waals surface area contributed by atoms with Crippen LogP contribution in [0.15, 0.2) is 24.3 Å². The molecule has 1 rings (SSSR count). The number of ether oxygens (including phenoxy) is 1. The van der Waals surface area contributed by atoms with Crippen LogP contribution in [0, 0.1) is 11.8 Å². The highest BCUT2D eigenvalue weighted by Gasteiger charge is 1.99. The number of hydrogen-bond acceptors (Lipinski definition) is 2. The van der Waals surface area contributed by atoms with E-state index in [2.05, 4.69) is 18.8 Å². The molecule has 0 saturated carbocycles. The van der Waals surface area contributed by atoms with Crippen molar-refractivity contribution >= 4 is 0 Å². The van der Waals surface area contributed by atoms with Crippen molar-refractivity contribution in [2.75, 3.05) is 13.2 Å². The quantitative estimate of drug-likeness (QED) is 0.541. The molecule has 0 fully saturated rings. The van der Waals surface area contributed by atoms with Gasteiger partial charge in [-0.3, -0.25) is 0 Å². The predicted molar refractivity (Wildman–Crippen MR) is 83.9 cm³/mol. The van der Waals surface area contributed by atoms with Gasteiger partial charge in [0.05, 0.1) is 12.2 Å². The Labute approximate surface area is 123 Å². The molecule has 0 unspecified atom stereocenters. The van der Waals surface area contributed by atoms with Crippen molar-refractivity contribution in [3.05, 3.63) is 29.8 Å². The number of rotatable bonds is 9.